The molecule has 154 valence electrons. The molecule has 1 atom stereocenters. The van der Waals surface area contributed by atoms with Gasteiger partial charge in [-0.15, -0.1) is 0 Å². The highest BCUT2D eigenvalue weighted by Crippen LogP contribution is 2.40. The number of methoxy groups -OCH3 is 1. The van der Waals surface area contributed by atoms with Gasteiger partial charge < -0.3 is 29.0 Å². The fourth-order valence-corrected chi connectivity index (χ4v) is 3.59. The van der Waals surface area contributed by atoms with Crippen molar-refractivity contribution in [1.82, 2.24) is 5.32 Å². The molecule has 7 heteroatoms. The summed E-state index contributed by atoms with van der Waals surface area (Å²) < 4.78 is 28.2. The molecule has 2 aromatic carbocycles. The number of ether oxygens (including phenoxy) is 5. The SMILES string of the molecule is CCOc1cc2c(cc1CNC(=O)c1cc(OC)c3c(c1)OCCO3)OC(C)C2. The molecule has 1 unspecified atom stereocenters. The third kappa shape index (κ3) is 3.90. The van der Waals surface area contributed by atoms with Gasteiger partial charge in [-0.25, -0.2) is 0 Å². The van der Waals surface area contributed by atoms with E-state index in [9.17, 15) is 4.79 Å². The van der Waals surface area contributed by atoms with E-state index in [1.807, 2.05) is 26.0 Å². The Bertz CT molecular complexity index is 909. The topological polar surface area (TPSA) is 75.3 Å². The molecular formula is C22H25NO6. The molecule has 29 heavy (non-hydrogen) atoms. The van der Waals surface area contributed by atoms with E-state index in [0.717, 1.165) is 29.0 Å². The lowest BCUT2D eigenvalue weighted by Crippen LogP contribution is -2.24. The Morgan fingerprint density at radius 3 is 2.76 bits per heavy atom. The Kier molecular flexibility index (Phi) is 5.38. The number of carbonyl (C=O) groups excluding carboxylic acids is 1. The number of nitrogens with one attached hydrogen (secondary N) is 1. The van der Waals surface area contributed by atoms with Crippen LogP contribution in [0.25, 0.3) is 0 Å². The van der Waals surface area contributed by atoms with Gasteiger partial charge in [-0.2, -0.15) is 0 Å². The molecule has 4 rings (SSSR count). The molecule has 0 aliphatic carbocycles. The number of rotatable bonds is 6. The first kappa shape index (κ1) is 19.2. The standard InChI is InChI=1S/C22H25NO6/c1-4-26-17-8-14-7-13(2)29-18(14)11-16(17)12-23-22(24)15-9-19(25-3)21-20(10-15)27-5-6-28-21/h8-11,13H,4-7,12H2,1-3H3,(H,23,24). The summed E-state index contributed by atoms with van der Waals surface area (Å²) in [6.07, 6.45) is 1.01. The Balaban J connectivity index is 1.54. The van der Waals surface area contributed by atoms with Gasteiger partial charge in [-0.3, -0.25) is 4.79 Å². The average molecular weight is 399 g/mol. The van der Waals surface area contributed by atoms with Crippen LogP contribution >= 0.6 is 0 Å². The first-order chi connectivity index (χ1) is 14.1. The summed E-state index contributed by atoms with van der Waals surface area (Å²) in [6, 6.07) is 7.29. The molecule has 0 spiro atoms. The summed E-state index contributed by atoms with van der Waals surface area (Å²) in [5, 5.41) is 2.95. The first-order valence-corrected chi connectivity index (χ1v) is 9.80. The summed E-state index contributed by atoms with van der Waals surface area (Å²) in [5.41, 5.74) is 2.44. The normalized spacial score (nSPS) is 16.6. The molecule has 1 N–H and O–H groups in total. The monoisotopic (exact) mass is 399 g/mol. The van der Waals surface area contributed by atoms with Crippen LogP contribution in [0.3, 0.4) is 0 Å². The van der Waals surface area contributed by atoms with Crippen molar-refractivity contribution in [2.24, 2.45) is 0 Å². The Morgan fingerprint density at radius 1 is 1.14 bits per heavy atom. The van der Waals surface area contributed by atoms with Crippen LogP contribution in [-0.2, 0) is 13.0 Å². The number of amides is 1. The van der Waals surface area contributed by atoms with E-state index in [-0.39, 0.29) is 12.0 Å². The van der Waals surface area contributed by atoms with Gasteiger partial charge in [0.25, 0.3) is 5.91 Å². The van der Waals surface area contributed by atoms with Crippen LogP contribution in [0.4, 0.5) is 0 Å². The van der Waals surface area contributed by atoms with E-state index < -0.39 is 0 Å². The van der Waals surface area contributed by atoms with Gasteiger partial charge in [0.15, 0.2) is 11.5 Å². The van der Waals surface area contributed by atoms with Crippen molar-refractivity contribution in [2.75, 3.05) is 26.9 Å². The molecule has 0 bridgehead atoms. The Labute approximate surface area is 169 Å². The van der Waals surface area contributed by atoms with Crippen LogP contribution < -0.4 is 29.0 Å². The van der Waals surface area contributed by atoms with Gasteiger partial charge in [-0.05, 0) is 38.1 Å². The fourth-order valence-electron chi connectivity index (χ4n) is 3.59. The summed E-state index contributed by atoms with van der Waals surface area (Å²) >= 11 is 0. The van der Waals surface area contributed by atoms with Crippen molar-refractivity contribution in [3.63, 3.8) is 0 Å². The lowest BCUT2D eigenvalue weighted by atomic mass is 10.1. The molecule has 2 aliphatic rings. The lowest BCUT2D eigenvalue weighted by Gasteiger charge is -2.21. The highest BCUT2D eigenvalue weighted by molar-refractivity contribution is 5.95. The van der Waals surface area contributed by atoms with Crippen LogP contribution in [0.2, 0.25) is 0 Å². The van der Waals surface area contributed by atoms with Gasteiger partial charge in [0, 0.05) is 29.7 Å². The van der Waals surface area contributed by atoms with Crippen molar-refractivity contribution in [2.45, 2.75) is 32.9 Å². The molecule has 2 aromatic rings. The number of carbonyl (C=O) groups is 1. The maximum atomic E-state index is 12.8. The van der Waals surface area contributed by atoms with Crippen LogP contribution in [-0.4, -0.2) is 38.9 Å². The molecule has 0 saturated heterocycles. The minimum Gasteiger partial charge on any atom is -0.494 e. The Morgan fingerprint density at radius 2 is 1.97 bits per heavy atom. The van der Waals surface area contributed by atoms with Crippen molar-refractivity contribution in [1.29, 1.82) is 0 Å². The van der Waals surface area contributed by atoms with Gasteiger partial charge in [0.1, 0.15) is 30.8 Å². The average Bonchev–Trinajstić information content (AvgIpc) is 3.09. The zero-order valence-electron chi connectivity index (χ0n) is 16.9. The largest absolute Gasteiger partial charge is 0.494 e. The number of benzene rings is 2. The Hall–Kier alpha value is -3.09. The molecule has 2 heterocycles. The van der Waals surface area contributed by atoms with Gasteiger partial charge >= 0.3 is 0 Å². The van der Waals surface area contributed by atoms with Gasteiger partial charge in [0.05, 0.1) is 13.7 Å². The zero-order valence-corrected chi connectivity index (χ0v) is 16.9. The molecule has 2 aliphatic heterocycles. The van der Waals surface area contributed by atoms with E-state index in [0.29, 0.717) is 49.2 Å². The van der Waals surface area contributed by atoms with Crippen LogP contribution in [0.15, 0.2) is 24.3 Å². The number of fused-ring (bicyclic) bond motifs is 2. The van der Waals surface area contributed by atoms with Crippen molar-refractivity contribution in [3.05, 3.63) is 41.0 Å². The number of hydrogen-bond donors (Lipinski definition) is 1. The molecule has 1 amide bonds. The quantitative estimate of drug-likeness (QED) is 0.805. The maximum Gasteiger partial charge on any atom is 0.251 e. The van der Waals surface area contributed by atoms with E-state index in [1.165, 1.54) is 7.11 Å². The lowest BCUT2D eigenvalue weighted by molar-refractivity contribution is 0.0948. The molecule has 0 aromatic heterocycles. The van der Waals surface area contributed by atoms with Gasteiger partial charge in [-0.1, -0.05) is 0 Å². The zero-order chi connectivity index (χ0) is 20.4. The fraction of sp³-hybridized carbons (Fsp3) is 0.409. The van der Waals surface area contributed by atoms with Crippen LogP contribution in [0.1, 0.15) is 35.3 Å². The minimum absolute atomic E-state index is 0.148. The van der Waals surface area contributed by atoms with E-state index >= 15 is 0 Å². The third-order valence-electron chi connectivity index (χ3n) is 4.91. The summed E-state index contributed by atoms with van der Waals surface area (Å²) in [5.74, 6) is 2.89. The van der Waals surface area contributed by atoms with E-state index in [2.05, 4.69) is 5.32 Å². The molecule has 0 radical (unpaired) electrons. The van der Waals surface area contributed by atoms with Gasteiger partial charge in [0.2, 0.25) is 5.75 Å². The predicted octanol–water partition coefficient (Wildman–Crippen LogP) is 3.12. The predicted molar refractivity (Wildman–Crippen MR) is 107 cm³/mol. The third-order valence-corrected chi connectivity index (χ3v) is 4.91. The van der Waals surface area contributed by atoms with E-state index in [4.69, 9.17) is 23.7 Å². The summed E-state index contributed by atoms with van der Waals surface area (Å²) in [4.78, 5) is 12.8. The van der Waals surface area contributed by atoms with E-state index in [1.54, 1.807) is 12.1 Å². The smallest absolute Gasteiger partial charge is 0.251 e. The van der Waals surface area contributed by atoms with Crippen molar-refractivity contribution >= 4 is 5.91 Å². The first-order valence-electron chi connectivity index (χ1n) is 9.80. The second kappa shape index (κ2) is 8.11. The molecular weight excluding hydrogens is 374 g/mol. The maximum absolute atomic E-state index is 12.8. The molecule has 0 saturated carbocycles. The van der Waals surface area contributed by atoms with Crippen molar-refractivity contribution < 1.29 is 28.5 Å². The second-order valence-corrected chi connectivity index (χ2v) is 7.02. The van der Waals surface area contributed by atoms with Crippen molar-refractivity contribution in [3.8, 4) is 28.7 Å². The second-order valence-electron chi connectivity index (χ2n) is 7.02. The summed E-state index contributed by atoms with van der Waals surface area (Å²) in [6.45, 7) is 5.74. The molecule has 0 fully saturated rings. The van der Waals surface area contributed by atoms with Crippen LogP contribution in [0.5, 0.6) is 28.7 Å². The highest BCUT2D eigenvalue weighted by atomic mass is 16.6. The summed E-state index contributed by atoms with van der Waals surface area (Å²) in [7, 11) is 1.54. The highest BCUT2D eigenvalue weighted by Gasteiger charge is 2.23. The molecule has 7 nitrogen and oxygen atoms in total. The minimum atomic E-state index is -0.238. The van der Waals surface area contributed by atoms with Crippen LogP contribution in [0, 0.1) is 0 Å². The number of hydrogen-bond acceptors (Lipinski definition) is 6.